The molecular weight excluding hydrogens is 266 g/mol. The number of nitriles is 1. The highest BCUT2D eigenvalue weighted by Gasteiger charge is 2.24. The van der Waals surface area contributed by atoms with Crippen LogP contribution in [-0.2, 0) is 0 Å². The van der Waals surface area contributed by atoms with Crippen LogP contribution in [0.4, 0.5) is 0 Å². The Balaban J connectivity index is 2.34. The van der Waals surface area contributed by atoms with Crippen LogP contribution >= 0.6 is 0 Å². The summed E-state index contributed by atoms with van der Waals surface area (Å²) in [5.41, 5.74) is 1.61. The van der Waals surface area contributed by atoms with Crippen LogP contribution in [-0.4, -0.2) is 15.6 Å². The molecule has 3 aromatic rings. The number of aromatic nitrogens is 2. The number of nitrogens with zero attached hydrogens (tertiary/aromatic N) is 3. The maximum Gasteiger partial charge on any atom is 0.181 e. The van der Waals surface area contributed by atoms with Crippen LogP contribution in [0, 0.1) is 11.3 Å². The van der Waals surface area contributed by atoms with Gasteiger partial charge in [-0.2, -0.15) is 10.4 Å². The second kappa shape index (κ2) is 5.10. The molecule has 0 aliphatic heterocycles. The molecule has 0 saturated heterocycles. The highest BCUT2D eigenvalue weighted by Crippen LogP contribution is 2.29. The highest BCUT2D eigenvalue weighted by atomic mass is 16.3. The number of para-hydroxylation sites is 1. The predicted octanol–water partition coefficient (Wildman–Crippen LogP) is 3.21. The smallest absolute Gasteiger partial charge is 0.181 e. The van der Waals surface area contributed by atoms with Crippen molar-refractivity contribution < 1.29 is 9.21 Å². The quantitative estimate of drug-likeness (QED) is 0.689. The molecule has 5 heteroatoms. The van der Waals surface area contributed by atoms with Crippen molar-refractivity contribution in [1.82, 2.24) is 9.78 Å². The molecule has 0 bridgehead atoms. The van der Waals surface area contributed by atoms with Crippen molar-refractivity contribution in [3.05, 3.63) is 60.0 Å². The number of hydrogen-bond acceptors (Lipinski definition) is 4. The standard InChI is InChI=1S/C16H11N3O2/c1-11(20)15-13(10-17)16(14-8-5-9-21-14)19(18-15)12-6-3-2-4-7-12/h2-9H,1H3. The number of rotatable bonds is 3. The van der Waals surface area contributed by atoms with Gasteiger partial charge in [0, 0.05) is 6.92 Å². The van der Waals surface area contributed by atoms with Gasteiger partial charge in [0.25, 0.3) is 0 Å². The molecule has 1 aromatic carbocycles. The Morgan fingerprint density at radius 3 is 2.57 bits per heavy atom. The molecule has 5 nitrogen and oxygen atoms in total. The fourth-order valence-electron chi connectivity index (χ4n) is 2.17. The molecule has 0 radical (unpaired) electrons. The van der Waals surface area contributed by atoms with E-state index in [0.29, 0.717) is 11.5 Å². The fourth-order valence-corrected chi connectivity index (χ4v) is 2.17. The summed E-state index contributed by atoms with van der Waals surface area (Å²) >= 11 is 0. The molecule has 2 heterocycles. The highest BCUT2D eigenvalue weighted by molar-refractivity contribution is 5.96. The Kier molecular flexibility index (Phi) is 3.13. The van der Waals surface area contributed by atoms with Crippen LogP contribution in [0.2, 0.25) is 0 Å². The molecule has 2 aromatic heterocycles. The number of carbonyl (C=O) groups is 1. The molecule has 0 spiro atoms. The van der Waals surface area contributed by atoms with Gasteiger partial charge < -0.3 is 4.42 Å². The molecule has 0 N–H and O–H groups in total. The van der Waals surface area contributed by atoms with Gasteiger partial charge in [0.15, 0.2) is 11.5 Å². The first kappa shape index (κ1) is 12.9. The van der Waals surface area contributed by atoms with Crippen LogP contribution in [0.15, 0.2) is 53.1 Å². The van der Waals surface area contributed by atoms with Crippen LogP contribution in [0.25, 0.3) is 17.1 Å². The number of ketones is 1. The van der Waals surface area contributed by atoms with E-state index in [2.05, 4.69) is 11.2 Å². The first-order valence-electron chi connectivity index (χ1n) is 6.35. The molecule has 0 aliphatic rings. The summed E-state index contributed by atoms with van der Waals surface area (Å²) in [5, 5.41) is 13.7. The van der Waals surface area contributed by atoms with Gasteiger partial charge in [-0.1, -0.05) is 18.2 Å². The van der Waals surface area contributed by atoms with Gasteiger partial charge in [0.1, 0.15) is 23.0 Å². The topological polar surface area (TPSA) is 71.8 Å². The third kappa shape index (κ3) is 2.13. The second-order valence-electron chi connectivity index (χ2n) is 4.46. The van der Waals surface area contributed by atoms with Crippen LogP contribution in [0.1, 0.15) is 23.0 Å². The first-order valence-corrected chi connectivity index (χ1v) is 6.35. The van der Waals surface area contributed by atoms with E-state index < -0.39 is 0 Å². The van der Waals surface area contributed by atoms with E-state index in [1.165, 1.54) is 13.2 Å². The Hall–Kier alpha value is -3.13. The second-order valence-corrected chi connectivity index (χ2v) is 4.46. The summed E-state index contributed by atoms with van der Waals surface area (Å²) in [4.78, 5) is 11.7. The maximum absolute atomic E-state index is 11.7. The molecule has 0 aliphatic carbocycles. The van der Waals surface area contributed by atoms with Gasteiger partial charge in [-0.3, -0.25) is 4.79 Å². The lowest BCUT2D eigenvalue weighted by atomic mass is 10.1. The molecule has 3 rings (SSSR count). The largest absolute Gasteiger partial charge is 0.463 e. The third-order valence-electron chi connectivity index (χ3n) is 3.09. The molecule has 21 heavy (non-hydrogen) atoms. The SMILES string of the molecule is CC(=O)c1nn(-c2ccccc2)c(-c2ccco2)c1C#N. The van der Waals surface area contributed by atoms with E-state index in [-0.39, 0.29) is 17.0 Å². The normalized spacial score (nSPS) is 10.3. The molecule has 0 atom stereocenters. The zero-order chi connectivity index (χ0) is 14.8. The number of hydrogen-bond donors (Lipinski definition) is 0. The minimum atomic E-state index is -0.256. The Labute approximate surface area is 121 Å². The van der Waals surface area contributed by atoms with Crippen LogP contribution in [0.3, 0.4) is 0 Å². The number of furan rings is 1. The van der Waals surface area contributed by atoms with Gasteiger partial charge >= 0.3 is 0 Å². The van der Waals surface area contributed by atoms with Crippen molar-refractivity contribution in [3.63, 3.8) is 0 Å². The number of carbonyl (C=O) groups excluding carboxylic acids is 1. The van der Waals surface area contributed by atoms with E-state index in [1.54, 1.807) is 16.8 Å². The molecule has 0 fully saturated rings. The van der Waals surface area contributed by atoms with Crippen molar-refractivity contribution in [3.8, 4) is 23.2 Å². The van der Waals surface area contributed by atoms with Gasteiger partial charge in [0.05, 0.1) is 12.0 Å². The van der Waals surface area contributed by atoms with Gasteiger partial charge in [-0.15, -0.1) is 0 Å². The third-order valence-corrected chi connectivity index (χ3v) is 3.09. The van der Waals surface area contributed by atoms with Gasteiger partial charge in [-0.05, 0) is 24.3 Å². The lowest BCUT2D eigenvalue weighted by molar-refractivity contribution is 0.101. The van der Waals surface area contributed by atoms with E-state index in [1.807, 2.05) is 30.3 Å². The average molecular weight is 277 g/mol. The Bertz CT molecular complexity index is 825. The van der Waals surface area contributed by atoms with Crippen LogP contribution < -0.4 is 0 Å². The summed E-state index contributed by atoms with van der Waals surface area (Å²) in [5.74, 6) is 0.240. The zero-order valence-electron chi connectivity index (χ0n) is 11.3. The molecule has 102 valence electrons. The van der Waals surface area contributed by atoms with Crippen molar-refractivity contribution >= 4 is 5.78 Å². The number of benzene rings is 1. The first-order chi connectivity index (χ1) is 10.2. The lowest BCUT2D eigenvalue weighted by Crippen LogP contribution is -2.00. The molecule has 0 unspecified atom stereocenters. The molecular formula is C16H11N3O2. The summed E-state index contributed by atoms with van der Waals surface area (Å²) in [6.45, 7) is 1.39. The Morgan fingerprint density at radius 1 is 1.24 bits per heavy atom. The molecule has 0 saturated carbocycles. The van der Waals surface area contributed by atoms with Gasteiger partial charge in [0.2, 0.25) is 0 Å². The zero-order valence-corrected chi connectivity index (χ0v) is 11.3. The van der Waals surface area contributed by atoms with E-state index in [0.717, 1.165) is 5.69 Å². The lowest BCUT2D eigenvalue weighted by Gasteiger charge is -2.05. The molecule has 0 amide bonds. The fraction of sp³-hybridized carbons (Fsp3) is 0.0625. The van der Waals surface area contributed by atoms with E-state index >= 15 is 0 Å². The maximum atomic E-state index is 11.7. The van der Waals surface area contributed by atoms with Crippen molar-refractivity contribution in [2.75, 3.05) is 0 Å². The van der Waals surface area contributed by atoms with Crippen molar-refractivity contribution in [2.45, 2.75) is 6.92 Å². The monoisotopic (exact) mass is 277 g/mol. The average Bonchev–Trinajstić information content (AvgIpc) is 3.14. The Morgan fingerprint density at radius 2 is 2.00 bits per heavy atom. The van der Waals surface area contributed by atoms with Crippen molar-refractivity contribution in [2.24, 2.45) is 0 Å². The minimum absolute atomic E-state index is 0.146. The summed E-state index contributed by atoms with van der Waals surface area (Å²) < 4.78 is 6.96. The van der Waals surface area contributed by atoms with Crippen LogP contribution in [0.5, 0.6) is 0 Å². The van der Waals surface area contributed by atoms with E-state index in [9.17, 15) is 10.1 Å². The summed E-state index contributed by atoms with van der Waals surface area (Å²) in [7, 11) is 0. The predicted molar refractivity (Wildman–Crippen MR) is 76.0 cm³/mol. The van der Waals surface area contributed by atoms with E-state index in [4.69, 9.17) is 4.42 Å². The summed E-state index contributed by atoms with van der Waals surface area (Å²) in [6.07, 6.45) is 1.52. The van der Waals surface area contributed by atoms with Crippen molar-refractivity contribution in [1.29, 1.82) is 5.26 Å². The summed E-state index contributed by atoms with van der Waals surface area (Å²) in [6, 6.07) is 14.8. The minimum Gasteiger partial charge on any atom is -0.463 e. The van der Waals surface area contributed by atoms with Gasteiger partial charge in [-0.25, -0.2) is 4.68 Å². The number of Topliss-reactive ketones (excluding diaryl/α,β-unsaturated/α-hetero) is 1.